The van der Waals surface area contributed by atoms with Gasteiger partial charge in [0.15, 0.2) is 0 Å². The average molecular weight is 402 g/mol. The first-order valence-corrected chi connectivity index (χ1v) is 10.7. The summed E-state index contributed by atoms with van der Waals surface area (Å²) in [5.41, 5.74) is 2.69. The predicted octanol–water partition coefficient (Wildman–Crippen LogP) is 4.70. The summed E-state index contributed by atoms with van der Waals surface area (Å²) in [6.45, 7) is 3.81. The second-order valence-electron chi connectivity index (χ2n) is 5.87. The number of esters is 1. The van der Waals surface area contributed by atoms with Crippen molar-refractivity contribution in [2.45, 2.75) is 18.7 Å². The zero-order chi connectivity index (χ0) is 19.4. The number of para-hydroxylation sites is 1. The zero-order valence-corrected chi connectivity index (χ0v) is 16.6. The van der Waals surface area contributed by atoms with E-state index in [0.717, 1.165) is 22.5 Å². The largest absolute Gasteiger partial charge is 0.462 e. The average Bonchev–Trinajstić information content (AvgIpc) is 3.09. The quantitative estimate of drug-likeness (QED) is 0.608. The van der Waals surface area contributed by atoms with E-state index < -0.39 is 16.0 Å². The molecule has 3 rings (SSSR count). The van der Waals surface area contributed by atoms with E-state index in [1.54, 1.807) is 42.6 Å². The number of carbonyl (C=O) groups excluding carboxylic acids is 1. The number of sulfonamides is 1. The second-order valence-corrected chi connectivity index (χ2v) is 8.36. The van der Waals surface area contributed by atoms with Crippen LogP contribution in [0.1, 0.15) is 22.2 Å². The van der Waals surface area contributed by atoms with Crippen LogP contribution in [0.2, 0.25) is 0 Å². The third-order valence-electron chi connectivity index (χ3n) is 3.86. The van der Waals surface area contributed by atoms with Gasteiger partial charge in [0.1, 0.15) is 9.77 Å². The normalized spacial score (nSPS) is 11.2. The van der Waals surface area contributed by atoms with E-state index in [1.807, 2.05) is 31.2 Å². The molecule has 0 bridgehead atoms. The summed E-state index contributed by atoms with van der Waals surface area (Å²) in [6.07, 6.45) is 0. The highest BCUT2D eigenvalue weighted by molar-refractivity contribution is 7.93. The summed E-state index contributed by atoms with van der Waals surface area (Å²) >= 11 is 1.07. The molecule has 0 saturated carbocycles. The van der Waals surface area contributed by atoms with Crippen molar-refractivity contribution in [2.24, 2.45) is 0 Å². The molecule has 0 saturated heterocycles. The van der Waals surface area contributed by atoms with Crippen molar-refractivity contribution in [3.8, 4) is 11.1 Å². The fourth-order valence-electron chi connectivity index (χ4n) is 2.60. The Morgan fingerprint density at radius 1 is 1.07 bits per heavy atom. The zero-order valence-electron chi connectivity index (χ0n) is 14.9. The van der Waals surface area contributed by atoms with Gasteiger partial charge in [-0.1, -0.05) is 48.0 Å². The molecule has 0 unspecified atom stereocenters. The van der Waals surface area contributed by atoms with Crippen molar-refractivity contribution in [3.05, 3.63) is 70.4 Å². The Bertz CT molecular complexity index is 1040. The smallest absolute Gasteiger partial charge is 0.349 e. The Labute approximate surface area is 162 Å². The van der Waals surface area contributed by atoms with Crippen LogP contribution >= 0.6 is 11.3 Å². The van der Waals surface area contributed by atoms with Gasteiger partial charge in [0.05, 0.1) is 6.61 Å². The van der Waals surface area contributed by atoms with Crippen LogP contribution in [0.15, 0.2) is 64.9 Å². The van der Waals surface area contributed by atoms with Gasteiger partial charge in [-0.2, -0.15) is 0 Å². The first-order chi connectivity index (χ1) is 12.9. The molecule has 0 amide bonds. The minimum Gasteiger partial charge on any atom is -0.462 e. The molecule has 5 nitrogen and oxygen atoms in total. The van der Waals surface area contributed by atoms with Gasteiger partial charge in [-0.15, -0.1) is 11.3 Å². The van der Waals surface area contributed by atoms with Crippen LogP contribution in [0.4, 0.5) is 5.69 Å². The molecule has 0 fully saturated rings. The lowest BCUT2D eigenvalue weighted by Crippen LogP contribution is -2.17. The monoisotopic (exact) mass is 401 g/mol. The molecule has 0 radical (unpaired) electrons. The lowest BCUT2D eigenvalue weighted by molar-refractivity contribution is 0.0528. The summed E-state index contributed by atoms with van der Waals surface area (Å²) in [5.74, 6) is -0.644. The fourth-order valence-corrected chi connectivity index (χ4v) is 5.35. The Kier molecular flexibility index (Phi) is 5.62. The van der Waals surface area contributed by atoms with E-state index in [4.69, 9.17) is 4.74 Å². The Balaban J connectivity index is 2.13. The number of anilines is 1. The van der Waals surface area contributed by atoms with E-state index in [2.05, 4.69) is 4.72 Å². The highest BCUT2D eigenvalue weighted by Crippen LogP contribution is 2.36. The molecular weight excluding hydrogens is 382 g/mol. The van der Waals surface area contributed by atoms with E-state index >= 15 is 0 Å². The van der Waals surface area contributed by atoms with Crippen LogP contribution < -0.4 is 4.72 Å². The molecule has 2 aromatic carbocycles. The number of thiophene rings is 1. The number of aryl methyl sites for hydroxylation is 1. The first kappa shape index (κ1) is 19.1. The minimum atomic E-state index is -3.99. The highest BCUT2D eigenvalue weighted by Gasteiger charge is 2.30. The molecule has 7 heteroatoms. The number of rotatable bonds is 6. The van der Waals surface area contributed by atoms with Crippen LogP contribution in [-0.2, 0) is 14.8 Å². The molecule has 27 heavy (non-hydrogen) atoms. The molecule has 0 atom stereocenters. The van der Waals surface area contributed by atoms with Gasteiger partial charge in [0.2, 0.25) is 0 Å². The molecule has 140 valence electrons. The maximum Gasteiger partial charge on any atom is 0.349 e. The van der Waals surface area contributed by atoms with Crippen LogP contribution in [-0.4, -0.2) is 21.0 Å². The maximum absolute atomic E-state index is 13.1. The standard InChI is InChI=1S/C20H19NO4S2/c1-3-25-20(22)18-19(27(23,24)21-16-7-5-4-6-8-16)17(13-26-18)15-11-9-14(2)10-12-15/h4-13,21H,3H2,1-2H3. The van der Waals surface area contributed by atoms with E-state index in [1.165, 1.54) is 0 Å². The Hall–Kier alpha value is -2.64. The minimum absolute atomic E-state index is 0.0568. The number of hydrogen-bond acceptors (Lipinski definition) is 5. The topological polar surface area (TPSA) is 72.5 Å². The van der Waals surface area contributed by atoms with Crippen molar-refractivity contribution in [2.75, 3.05) is 11.3 Å². The van der Waals surface area contributed by atoms with Crippen LogP contribution in [0.5, 0.6) is 0 Å². The molecule has 1 aromatic heterocycles. The van der Waals surface area contributed by atoms with Crippen molar-refractivity contribution in [1.29, 1.82) is 0 Å². The molecule has 0 aliphatic carbocycles. The third-order valence-corrected chi connectivity index (χ3v) is 6.42. The summed E-state index contributed by atoms with van der Waals surface area (Å²) in [7, 11) is -3.99. The number of ether oxygens (including phenoxy) is 1. The van der Waals surface area contributed by atoms with Crippen molar-refractivity contribution < 1.29 is 17.9 Å². The lowest BCUT2D eigenvalue weighted by atomic mass is 10.1. The first-order valence-electron chi connectivity index (χ1n) is 8.36. The molecule has 1 N–H and O–H groups in total. The van der Waals surface area contributed by atoms with Crippen LogP contribution in [0.25, 0.3) is 11.1 Å². The van der Waals surface area contributed by atoms with Gasteiger partial charge in [0.25, 0.3) is 10.0 Å². The summed E-state index contributed by atoms with van der Waals surface area (Å²) in [5, 5.41) is 1.68. The third kappa shape index (κ3) is 4.20. The number of hydrogen-bond donors (Lipinski definition) is 1. The SMILES string of the molecule is CCOC(=O)c1scc(-c2ccc(C)cc2)c1S(=O)(=O)Nc1ccccc1. The summed E-state index contributed by atoms with van der Waals surface area (Å²) in [4.78, 5) is 12.4. The predicted molar refractivity (Wildman–Crippen MR) is 108 cm³/mol. The van der Waals surface area contributed by atoms with E-state index in [9.17, 15) is 13.2 Å². The van der Waals surface area contributed by atoms with Gasteiger partial charge in [-0.3, -0.25) is 4.72 Å². The lowest BCUT2D eigenvalue weighted by Gasteiger charge is -2.11. The van der Waals surface area contributed by atoms with E-state index in [0.29, 0.717) is 11.3 Å². The van der Waals surface area contributed by atoms with Gasteiger partial charge >= 0.3 is 5.97 Å². The molecule has 1 heterocycles. The summed E-state index contributed by atoms with van der Waals surface area (Å²) in [6, 6.07) is 16.1. The van der Waals surface area contributed by atoms with Crippen molar-refractivity contribution in [3.63, 3.8) is 0 Å². The number of carbonyl (C=O) groups is 1. The summed E-state index contributed by atoms with van der Waals surface area (Å²) < 4.78 is 33.9. The number of nitrogens with one attached hydrogen (secondary N) is 1. The van der Waals surface area contributed by atoms with Crippen LogP contribution in [0.3, 0.4) is 0 Å². The highest BCUT2D eigenvalue weighted by atomic mass is 32.2. The van der Waals surface area contributed by atoms with Gasteiger partial charge < -0.3 is 4.74 Å². The van der Waals surface area contributed by atoms with Gasteiger partial charge in [-0.05, 0) is 31.5 Å². The Morgan fingerprint density at radius 2 is 1.74 bits per heavy atom. The molecule has 3 aromatic rings. The molecular formula is C20H19NO4S2. The molecule has 0 aliphatic rings. The van der Waals surface area contributed by atoms with Gasteiger partial charge in [0, 0.05) is 16.6 Å². The number of benzene rings is 2. The van der Waals surface area contributed by atoms with E-state index in [-0.39, 0.29) is 16.4 Å². The molecule has 0 spiro atoms. The van der Waals surface area contributed by atoms with Crippen molar-refractivity contribution in [1.82, 2.24) is 0 Å². The Morgan fingerprint density at radius 3 is 2.37 bits per heavy atom. The van der Waals surface area contributed by atoms with Crippen molar-refractivity contribution >= 4 is 33.0 Å². The molecule has 0 aliphatic heterocycles. The second kappa shape index (κ2) is 7.94. The fraction of sp³-hybridized carbons (Fsp3) is 0.150. The maximum atomic E-state index is 13.1. The van der Waals surface area contributed by atoms with Crippen LogP contribution in [0, 0.1) is 6.92 Å². The van der Waals surface area contributed by atoms with Gasteiger partial charge in [-0.25, -0.2) is 13.2 Å².